The van der Waals surface area contributed by atoms with Crippen molar-refractivity contribution in [2.24, 2.45) is 40.9 Å². The van der Waals surface area contributed by atoms with E-state index in [0.717, 1.165) is 58.9 Å². The van der Waals surface area contributed by atoms with Crippen LogP contribution in [0.4, 0.5) is 0 Å². The van der Waals surface area contributed by atoms with E-state index in [9.17, 15) is 0 Å². The maximum Gasteiger partial charge on any atom is 0.131 e. The number of likely N-dealkylation sites (N-methyl/N-ethyl adjacent to an activating group) is 2. The second kappa shape index (κ2) is 25.1. The van der Waals surface area contributed by atoms with Crippen LogP contribution in [0.15, 0.2) is 0 Å². The molecule has 0 aromatic carbocycles. The third-order valence-electron chi connectivity index (χ3n) is 14.0. The Kier molecular flexibility index (Phi) is 22.3. The van der Waals surface area contributed by atoms with Gasteiger partial charge in [-0.3, -0.25) is 0 Å². The Morgan fingerprint density at radius 2 is 1.06 bits per heavy atom. The summed E-state index contributed by atoms with van der Waals surface area (Å²) in [4.78, 5) is 24.4. The topological polar surface area (TPSA) is 36.9 Å². The van der Waals surface area contributed by atoms with Gasteiger partial charge in [0, 0.05) is 0 Å². The first-order valence-electron chi connectivity index (χ1n) is 23.1. The Labute approximate surface area is 324 Å². The average Bonchev–Trinajstić information content (AvgIpc) is 3.06. The molecule has 0 aliphatic heterocycles. The van der Waals surface area contributed by atoms with E-state index in [2.05, 4.69) is 56.1 Å². The average molecular weight is 737 g/mol. The van der Waals surface area contributed by atoms with E-state index >= 15 is 0 Å². The molecule has 0 radical (unpaired) electrons. The van der Waals surface area contributed by atoms with E-state index in [4.69, 9.17) is 19.6 Å². The van der Waals surface area contributed by atoms with Crippen LogP contribution in [-0.2, 0) is 19.6 Å². The van der Waals surface area contributed by atoms with Crippen molar-refractivity contribution in [3.63, 3.8) is 0 Å². The van der Waals surface area contributed by atoms with Crippen LogP contribution in [-0.4, -0.2) is 90.8 Å². The lowest BCUT2D eigenvalue weighted by Gasteiger charge is -2.57. The molecule has 0 bridgehead atoms. The minimum atomic E-state index is 0.369. The van der Waals surface area contributed by atoms with Crippen LogP contribution >= 0.6 is 0 Å². The molecule has 0 N–H and O–H groups in total. The maximum absolute atomic E-state index is 6.31. The number of hydrogen-bond acceptors (Lipinski definition) is 4. The summed E-state index contributed by atoms with van der Waals surface area (Å²) < 4.78 is 1.81. The molecule has 6 unspecified atom stereocenters. The summed E-state index contributed by atoms with van der Waals surface area (Å²) in [6, 6.07) is 0. The summed E-state index contributed by atoms with van der Waals surface area (Å²) in [7, 11) is 13.4. The van der Waals surface area contributed by atoms with Gasteiger partial charge >= 0.3 is 0 Å². The summed E-state index contributed by atoms with van der Waals surface area (Å²) in [5.74, 6) is 4.46. The van der Waals surface area contributed by atoms with Crippen molar-refractivity contribution in [2.45, 2.75) is 174 Å². The molecule has 0 saturated heterocycles. The summed E-state index contributed by atoms with van der Waals surface area (Å²) in [5.41, 5.74) is 0.369. The van der Waals surface area contributed by atoms with Gasteiger partial charge in [0.15, 0.2) is 0 Å². The molecule has 3 rings (SSSR count). The van der Waals surface area contributed by atoms with Crippen molar-refractivity contribution < 1.29 is 28.5 Å². The van der Waals surface area contributed by atoms with Crippen molar-refractivity contribution in [3.8, 4) is 0 Å². The summed E-state index contributed by atoms with van der Waals surface area (Å²) in [6.07, 6.45) is 34.7. The highest BCUT2D eigenvalue weighted by Crippen LogP contribution is 2.60. The van der Waals surface area contributed by atoms with Gasteiger partial charge < -0.3 is 8.97 Å². The molecule has 6 nitrogen and oxygen atoms in total. The van der Waals surface area contributed by atoms with E-state index in [1.807, 2.05) is 0 Å². The summed E-state index contributed by atoms with van der Waals surface area (Å²) in [5, 5.41) is 0. The summed E-state index contributed by atoms with van der Waals surface area (Å²) in [6.45, 7) is 9.59. The maximum atomic E-state index is 6.31. The Morgan fingerprint density at radius 3 is 1.67 bits per heavy atom. The van der Waals surface area contributed by atoms with Gasteiger partial charge in [0.05, 0.1) is 55.5 Å². The first kappa shape index (κ1) is 46.1. The van der Waals surface area contributed by atoms with Crippen LogP contribution in [0.1, 0.15) is 174 Å². The number of nitrogens with zero attached hydrogens (tertiary/aromatic N) is 2. The van der Waals surface area contributed by atoms with Crippen molar-refractivity contribution in [1.29, 1.82) is 0 Å². The van der Waals surface area contributed by atoms with Crippen LogP contribution in [0, 0.1) is 40.9 Å². The van der Waals surface area contributed by atoms with Gasteiger partial charge in [-0.2, -0.15) is 0 Å². The predicted octanol–water partition coefficient (Wildman–Crippen LogP) is 11.8. The Morgan fingerprint density at radius 1 is 0.500 bits per heavy atom. The van der Waals surface area contributed by atoms with Gasteiger partial charge in [-0.25, -0.2) is 19.6 Å². The third kappa shape index (κ3) is 17.3. The van der Waals surface area contributed by atoms with E-state index in [0.29, 0.717) is 30.5 Å². The van der Waals surface area contributed by atoms with E-state index in [1.54, 1.807) is 0 Å². The highest BCUT2D eigenvalue weighted by atomic mass is 17.2. The molecule has 0 aromatic rings. The van der Waals surface area contributed by atoms with Gasteiger partial charge in [-0.1, -0.05) is 129 Å². The Balaban J connectivity index is 1.94. The van der Waals surface area contributed by atoms with E-state index in [1.165, 1.54) is 161 Å². The van der Waals surface area contributed by atoms with Crippen molar-refractivity contribution in [1.82, 2.24) is 0 Å². The SMILES string of the molecule is CCCCCCC1CC[C@@]2(CCCCCCC2COOCC[N+](C)(C)C)C(CC2CCCCCCC2COOCC[N+](C)(C)C)C1CCCCCC. The number of hydrogen-bond donors (Lipinski definition) is 0. The minimum absolute atomic E-state index is 0.369. The predicted molar refractivity (Wildman–Crippen MR) is 220 cm³/mol. The largest absolute Gasteiger partial charge is 0.329 e. The summed E-state index contributed by atoms with van der Waals surface area (Å²) >= 11 is 0. The highest BCUT2D eigenvalue weighted by Gasteiger charge is 2.53. The monoisotopic (exact) mass is 737 g/mol. The van der Waals surface area contributed by atoms with E-state index in [-0.39, 0.29) is 0 Å². The fourth-order valence-corrected chi connectivity index (χ4v) is 10.7. The molecule has 0 amide bonds. The fraction of sp³-hybridized carbons (Fsp3) is 1.00. The van der Waals surface area contributed by atoms with Crippen LogP contribution in [0.3, 0.4) is 0 Å². The fourth-order valence-electron chi connectivity index (χ4n) is 10.7. The Hall–Kier alpha value is -0.240. The number of unbranched alkanes of at least 4 members (excludes halogenated alkanes) is 6. The minimum Gasteiger partial charge on any atom is -0.329 e. The van der Waals surface area contributed by atoms with Gasteiger partial charge in [-0.15, -0.1) is 0 Å². The standard InChI is InChI=1S/C46H92N2O4/c1-9-11-13-19-25-40-30-32-46(31-24-18-17-22-28-43(46)39-52-50-36-34-48(6,7)8)45(44(40)29-23-14-12-10-2)37-41-26-20-15-16-21-27-42(41)38-51-49-35-33-47(3,4)5/h40-45H,9-39H2,1-8H3/q+2/t40?,41?,42?,43?,44?,45?,46-/m1/s1. The molecule has 3 aliphatic carbocycles. The molecular weight excluding hydrogens is 645 g/mol. The smallest absolute Gasteiger partial charge is 0.131 e. The Bertz CT molecular complexity index is 887. The lowest BCUT2D eigenvalue weighted by atomic mass is 9.48. The van der Waals surface area contributed by atoms with Gasteiger partial charge in [0.2, 0.25) is 0 Å². The first-order valence-corrected chi connectivity index (χ1v) is 23.1. The van der Waals surface area contributed by atoms with Crippen molar-refractivity contribution >= 4 is 0 Å². The molecule has 3 fully saturated rings. The van der Waals surface area contributed by atoms with Gasteiger partial charge in [0.1, 0.15) is 26.3 Å². The molecule has 7 atom stereocenters. The molecule has 1 spiro atoms. The van der Waals surface area contributed by atoms with Gasteiger partial charge in [0.25, 0.3) is 0 Å². The lowest BCUT2D eigenvalue weighted by molar-refractivity contribution is -0.871. The molecular formula is C46H92N2O4+2. The zero-order valence-electron chi connectivity index (χ0n) is 36.4. The van der Waals surface area contributed by atoms with E-state index < -0.39 is 0 Å². The zero-order chi connectivity index (χ0) is 37.7. The second-order valence-corrected chi connectivity index (χ2v) is 20.1. The molecule has 0 aromatic heterocycles. The first-order chi connectivity index (χ1) is 25.0. The normalized spacial score (nSPS) is 29.8. The van der Waals surface area contributed by atoms with Crippen molar-refractivity contribution in [3.05, 3.63) is 0 Å². The van der Waals surface area contributed by atoms with Crippen LogP contribution in [0.2, 0.25) is 0 Å². The zero-order valence-corrected chi connectivity index (χ0v) is 36.4. The third-order valence-corrected chi connectivity index (χ3v) is 14.0. The molecule has 0 heterocycles. The molecule has 6 heteroatoms. The quantitative estimate of drug-likeness (QED) is 0.0428. The second-order valence-electron chi connectivity index (χ2n) is 20.1. The number of quaternary nitrogens is 2. The molecule has 3 aliphatic rings. The highest BCUT2D eigenvalue weighted by molar-refractivity contribution is 5.02. The lowest BCUT2D eigenvalue weighted by Crippen LogP contribution is -2.50. The van der Waals surface area contributed by atoms with Gasteiger partial charge in [-0.05, 0) is 85.9 Å². The van der Waals surface area contributed by atoms with Crippen LogP contribution in [0.5, 0.6) is 0 Å². The van der Waals surface area contributed by atoms with Crippen molar-refractivity contribution in [2.75, 3.05) is 81.8 Å². The number of rotatable bonds is 24. The molecule has 52 heavy (non-hydrogen) atoms. The molecule has 308 valence electrons. The van der Waals surface area contributed by atoms with Crippen LogP contribution < -0.4 is 0 Å². The molecule has 3 saturated carbocycles. The van der Waals surface area contributed by atoms with Crippen LogP contribution in [0.25, 0.3) is 0 Å².